The monoisotopic (exact) mass is 353 g/mol. The van der Waals surface area contributed by atoms with E-state index in [9.17, 15) is 9.59 Å². The molecule has 0 unspecified atom stereocenters. The second-order valence-corrected chi connectivity index (χ2v) is 6.34. The molecule has 2 heterocycles. The summed E-state index contributed by atoms with van der Waals surface area (Å²) in [6.07, 6.45) is 0. The molecule has 8 heteroatoms. The Morgan fingerprint density at radius 1 is 1.08 bits per heavy atom. The van der Waals surface area contributed by atoms with Crippen molar-refractivity contribution in [3.05, 3.63) is 53.0 Å². The van der Waals surface area contributed by atoms with E-state index in [1.54, 1.807) is 43.7 Å². The highest BCUT2D eigenvalue weighted by molar-refractivity contribution is 7.13. The topological polar surface area (TPSA) is 102 Å². The van der Waals surface area contributed by atoms with Gasteiger partial charge in [0.15, 0.2) is 0 Å². The highest BCUT2D eigenvalue weighted by Gasteiger charge is 2.12. The number of hydrogen-bond acceptors (Lipinski definition) is 6. The van der Waals surface area contributed by atoms with Crippen molar-refractivity contribution < 1.29 is 9.59 Å². The summed E-state index contributed by atoms with van der Waals surface area (Å²) in [5.41, 5.74) is 7.99. The Morgan fingerprint density at radius 3 is 2.40 bits per heavy atom. The summed E-state index contributed by atoms with van der Waals surface area (Å²) in [5, 5.41) is 10.5. The Bertz CT molecular complexity index is 934. The highest BCUT2D eigenvalue weighted by atomic mass is 32.1. The van der Waals surface area contributed by atoms with Crippen LogP contribution in [0.25, 0.3) is 22.0 Å². The molecule has 7 nitrogen and oxygen atoms in total. The number of carbonyl (C=O) groups excluding carboxylic acids is 2. The van der Waals surface area contributed by atoms with Crippen molar-refractivity contribution in [1.82, 2.24) is 20.1 Å². The maximum absolute atomic E-state index is 12.1. The van der Waals surface area contributed by atoms with Gasteiger partial charge in [-0.15, -0.1) is 21.5 Å². The Morgan fingerprint density at radius 2 is 1.80 bits per heavy atom. The molecule has 2 aromatic heterocycles. The number of aromatic nitrogens is 3. The molecule has 25 heavy (non-hydrogen) atoms. The standard InChI is InChI=1S/C17H15N5O2S/c1-22(2)17(24)11-5-3-4-10(8-11)12-6-7-13(21-20-12)16-19-14(9-25-16)15(18)23/h3-9H,1-2H3,(H2,18,23). The Labute approximate surface area is 148 Å². The lowest BCUT2D eigenvalue weighted by Gasteiger charge is -2.11. The fourth-order valence-corrected chi connectivity index (χ4v) is 2.95. The van der Waals surface area contributed by atoms with E-state index in [2.05, 4.69) is 15.2 Å². The molecule has 0 fully saturated rings. The maximum atomic E-state index is 12.1. The average Bonchev–Trinajstić information content (AvgIpc) is 3.12. The van der Waals surface area contributed by atoms with E-state index in [0.717, 1.165) is 5.56 Å². The van der Waals surface area contributed by atoms with Gasteiger partial charge in [-0.05, 0) is 24.3 Å². The predicted molar refractivity (Wildman–Crippen MR) is 95.1 cm³/mol. The predicted octanol–water partition coefficient (Wildman–Crippen LogP) is 2.07. The van der Waals surface area contributed by atoms with Crippen molar-refractivity contribution in [3.8, 4) is 22.0 Å². The van der Waals surface area contributed by atoms with Gasteiger partial charge in [0, 0.05) is 30.6 Å². The molecule has 1 aromatic carbocycles. The van der Waals surface area contributed by atoms with E-state index in [4.69, 9.17) is 5.73 Å². The van der Waals surface area contributed by atoms with E-state index in [0.29, 0.717) is 22.0 Å². The van der Waals surface area contributed by atoms with Crippen LogP contribution in [0.4, 0.5) is 0 Å². The van der Waals surface area contributed by atoms with Gasteiger partial charge in [-0.3, -0.25) is 9.59 Å². The highest BCUT2D eigenvalue weighted by Crippen LogP contribution is 2.24. The van der Waals surface area contributed by atoms with Gasteiger partial charge < -0.3 is 10.6 Å². The average molecular weight is 353 g/mol. The summed E-state index contributed by atoms with van der Waals surface area (Å²) in [5.74, 6) is -0.650. The number of nitrogens with two attached hydrogens (primary N) is 1. The SMILES string of the molecule is CN(C)C(=O)c1cccc(-c2ccc(-c3nc(C(N)=O)cs3)nn2)c1. The van der Waals surface area contributed by atoms with Crippen molar-refractivity contribution in [2.24, 2.45) is 5.73 Å². The summed E-state index contributed by atoms with van der Waals surface area (Å²) < 4.78 is 0. The van der Waals surface area contributed by atoms with Crippen LogP contribution >= 0.6 is 11.3 Å². The van der Waals surface area contributed by atoms with Crippen molar-refractivity contribution in [2.75, 3.05) is 14.1 Å². The van der Waals surface area contributed by atoms with Crippen molar-refractivity contribution in [1.29, 1.82) is 0 Å². The maximum Gasteiger partial charge on any atom is 0.268 e. The molecule has 3 aromatic rings. The molecule has 2 amide bonds. The first-order valence-electron chi connectivity index (χ1n) is 7.37. The zero-order valence-electron chi connectivity index (χ0n) is 13.6. The molecule has 0 aliphatic heterocycles. The van der Waals surface area contributed by atoms with Gasteiger partial charge >= 0.3 is 0 Å². The molecule has 2 N–H and O–H groups in total. The quantitative estimate of drug-likeness (QED) is 0.773. The lowest BCUT2D eigenvalue weighted by Crippen LogP contribution is -2.21. The third-order valence-corrected chi connectivity index (χ3v) is 4.32. The molecule has 0 aliphatic rings. The van der Waals surface area contributed by atoms with Gasteiger partial charge in [0.25, 0.3) is 11.8 Å². The van der Waals surface area contributed by atoms with Crippen LogP contribution in [-0.4, -0.2) is 46.0 Å². The third kappa shape index (κ3) is 3.53. The summed E-state index contributed by atoms with van der Waals surface area (Å²) in [6, 6.07) is 10.8. The van der Waals surface area contributed by atoms with E-state index in [1.165, 1.54) is 16.2 Å². The minimum absolute atomic E-state index is 0.0757. The lowest BCUT2D eigenvalue weighted by molar-refractivity contribution is 0.0827. The molecule has 0 bridgehead atoms. The minimum atomic E-state index is -0.575. The largest absolute Gasteiger partial charge is 0.364 e. The first kappa shape index (κ1) is 16.7. The van der Waals surface area contributed by atoms with Gasteiger partial charge in [-0.25, -0.2) is 4.98 Å². The van der Waals surface area contributed by atoms with Crippen LogP contribution in [0.15, 0.2) is 41.8 Å². The number of primary amides is 1. The number of hydrogen-bond donors (Lipinski definition) is 1. The van der Waals surface area contributed by atoms with Crippen LogP contribution in [-0.2, 0) is 0 Å². The van der Waals surface area contributed by atoms with Crippen molar-refractivity contribution in [2.45, 2.75) is 0 Å². The number of carbonyl (C=O) groups is 2. The number of amides is 2. The van der Waals surface area contributed by atoms with Crippen LogP contribution < -0.4 is 5.73 Å². The molecule has 0 radical (unpaired) electrons. The molecule has 0 spiro atoms. The van der Waals surface area contributed by atoms with Gasteiger partial charge in [0.2, 0.25) is 0 Å². The summed E-state index contributed by atoms with van der Waals surface area (Å²) >= 11 is 1.28. The van der Waals surface area contributed by atoms with Crippen LogP contribution in [0.1, 0.15) is 20.8 Å². The molecule has 126 valence electrons. The zero-order chi connectivity index (χ0) is 18.0. The Balaban J connectivity index is 1.88. The fourth-order valence-electron chi connectivity index (χ4n) is 2.17. The number of rotatable bonds is 4. The molecular weight excluding hydrogens is 338 g/mol. The number of nitrogens with zero attached hydrogens (tertiary/aromatic N) is 4. The van der Waals surface area contributed by atoms with Crippen LogP contribution in [0.2, 0.25) is 0 Å². The lowest BCUT2D eigenvalue weighted by atomic mass is 10.1. The first-order valence-corrected chi connectivity index (χ1v) is 8.25. The van der Waals surface area contributed by atoms with Gasteiger partial charge in [-0.2, -0.15) is 0 Å². The smallest absolute Gasteiger partial charge is 0.268 e. The minimum Gasteiger partial charge on any atom is -0.364 e. The fraction of sp³-hybridized carbons (Fsp3) is 0.118. The molecule has 0 atom stereocenters. The second-order valence-electron chi connectivity index (χ2n) is 5.49. The number of thiazole rings is 1. The van der Waals surface area contributed by atoms with E-state index in [1.807, 2.05) is 12.1 Å². The molecule has 0 saturated carbocycles. The molecule has 0 aliphatic carbocycles. The van der Waals surface area contributed by atoms with Crippen molar-refractivity contribution in [3.63, 3.8) is 0 Å². The van der Waals surface area contributed by atoms with Crippen LogP contribution in [0.5, 0.6) is 0 Å². The Hall–Kier alpha value is -3.13. The van der Waals surface area contributed by atoms with Gasteiger partial charge in [0.1, 0.15) is 16.4 Å². The first-order chi connectivity index (χ1) is 12.0. The summed E-state index contributed by atoms with van der Waals surface area (Å²) in [6.45, 7) is 0. The van der Waals surface area contributed by atoms with E-state index in [-0.39, 0.29) is 11.6 Å². The third-order valence-electron chi connectivity index (χ3n) is 3.45. The second kappa shape index (κ2) is 6.78. The van der Waals surface area contributed by atoms with Crippen molar-refractivity contribution >= 4 is 23.2 Å². The van der Waals surface area contributed by atoms with Gasteiger partial charge in [0.05, 0.1) is 5.69 Å². The van der Waals surface area contributed by atoms with E-state index >= 15 is 0 Å². The van der Waals surface area contributed by atoms with Crippen LogP contribution in [0.3, 0.4) is 0 Å². The molecule has 0 saturated heterocycles. The van der Waals surface area contributed by atoms with E-state index < -0.39 is 5.91 Å². The van der Waals surface area contributed by atoms with Gasteiger partial charge in [-0.1, -0.05) is 12.1 Å². The summed E-state index contributed by atoms with van der Waals surface area (Å²) in [4.78, 5) is 28.8. The Kier molecular flexibility index (Phi) is 4.53. The zero-order valence-corrected chi connectivity index (χ0v) is 14.4. The molecular formula is C17H15N5O2S. The normalized spacial score (nSPS) is 10.5. The number of benzene rings is 1. The summed E-state index contributed by atoms with van der Waals surface area (Å²) in [7, 11) is 3.41. The van der Waals surface area contributed by atoms with Crippen LogP contribution in [0, 0.1) is 0 Å². The molecule has 3 rings (SSSR count).